The van der Waals surface area contributed by atoms with E-state index in [2.05, 4.69) is 10.1 Å². The lowest BCUT2D eigenvalue weighted by atomic mass is 10.1. The first-order chi connectivity index (χ1) is 11.5. The Hall–Kier alpha value is -2.95. The largest absolute Gasteiger partial charge is 0.368 e. The number of anilines is 1. The molecule has 0 atom stereocenters. The van der Waals surface area contributed by atoms with Gasteiger partial charge in [0.25, 0.3) is 0 Å². The Kier molecular flexibility index (Phi) is 4.42. The van der Waals surface area contributed by atoms with Crippen LogP contribution in [0, 0.1) is 13.8 Å². The van der Waals surface area contributed by atoms with E-state index in [1.54, 1.807) is 0 Å². The molecule has 3 aromatic rings. The Morgan fingerprint density at radius 1 is 1.08 bits per heavy atom. The highest BCUT2D eigenvalue weighted by Gasteiger charge is 2.15. The molecule has 2 aromatic carbocycles. The van der Waals surface area contributed by atoms with Gasteiger partial charge >= 0.3 is 0 Å². The summed E-state index contributed by atoms with van der Waals surface area (Å²) in [5, 5.41) is 4.29. The van der Waals surface area contributed by atoms with Crippen LogP contribution in [0.3, 0.4) is 0 Å². The summed E-state index contributed by atoms with van der Waals surface area (Å²) in [4.78, 5) is 16.6. The minimum atomic E-state index is -0.154. The summed E-state index contributed by atoms with van der Waals surface area (Å²) in [6.07, 6.45) is 0.988. The Bertz CT molecular complexity index is 868. The third kappa shape index (κ3) is 3.35. The molecule has 0 saturated heterocycles. The number of hydrogen-bond donors (Lipinski definition) is 1. The van der Waals surface area contributed by atoms with E-state index in [9.17, 15) is 4.79 Å². The van der Waals surface area contributed by atoms with Crippen molar-refractivity contribution in [2.75, 3.05) is 5.73 Å². The van der Waals surface area contributed by atoms with Gasteiger partial charge in [0.2, 0.25) is 11.9 Å². The summed E-state index contributed by atoms with van der Waals surface area (Å²) in [6, 6.07) is 15.8. The highest BCUT2D eigenvalue weighted by Crippen LogP contribution is 2.20. The molecule has 24 heavy (non-hydrogen) atoms. The fourth-order valence-corrected chi connectivity index (χ4v) is 2.51. The topological polar surface area (TPSA) is 73.8 Å². The van der Waals surface area contributed by atoms with Gasteiger partial charge in [0.15, 0.2) is 5.82 Å². The lowest BCUT2D eigenvalue weighted by molar-refractivity contribution is 0.0890. The van der Waals surface area contributed by atoms with Crippen LogP contribution >= 0.6 is 0 Å². The molecule has 1 aromatic heterocycles. The van der Waals surface area contributed by atoms with Crippen LogP contribution in [-0.4, -0.2) is 20.7 Å². The summed E-state index contributed by atoms with van der Waals surface area (Å²) in [7, 11) is 0. The second-order valence-corrected chi connectivity index (χ2v) is 5.88. The molecular formula is C19H20N4O. The predicted octanol–water partition coefficient (Wildman–Crippen LogP) is 3.42. The molecule has 5 heteroatoms. The van der Waals surface area contributed by atoms with Gasteiger partial charge in [0.05, 0.1) is 0 Å². The Morgan fingerprint density at radius 3 is 2.54 bits per heavy atom. The van der Waals surface area contributed by atoms with E-state index in [-0.39, 0.29) is 11.9 Å². The van der Waals surface area contributed by atoms with Crippen LogP contribution < -0.4 is 5.73 Å². The highest BCUT2D eigenvalue weighted by molar-refractivity contribution is 5.81. The molecule has 0 aliphatic heterocycles. The van der Waals surface area contributed by atoms with Crippen LogP contribution in [0.4, 0.5) is 5.95 Å². The second kappa shape index (κ2) is 6.66. The third-order valence-electron chi connectivity index (χ3n) is 4.10. The lowest BCUT2D eigenvalue weighted by Crippen LogP contribution is -2.15. The maximum atomic E-state index is 12.4. The third-order valence-corrected chi connectivity index (χ3v) is 4.10. The molecule has 0 aliphatic rings. The molecule has 0 bridgehead atoms. The van der Waals surface area contributed by atoms with Crippen LogP contribution in [0.1, 0.15) is 27.9 Å². The number of nitrogen functional groups attached to an aromatic ring is 1. The number of carbonyl (C=O) groups excluding carboxylic acids is 1. The van der Waals surface area contributed by atoms with Crippen molar-refractivity contribution in [1.82, 2.24) is 14.8 Å². The summed E-state index contributed by atoms with van der Waals surface area (Å²) in [5.41, 5.74) is 10.2. The van der Waals surface area contributed by atoms with E-state index in [0.717, 1.165) is 16.7 Å². The Morgan fingerprint density at radius 2 is 1.83 bits per heavy atom. The average Bonchev–Trinajstić information content (AvgIpc) is 2.98. The smallest absolute Gasteiger partial charge is 0.250 e. The average molecular weight is 320 g/mol. The van der Waals surface area contributed by atoms with Crippen molar-refractivity contribution >= 4 is 11.9 Å². The van der Waals surface area contributed by atoms with E-state index in [1.165, 1.54) is 10.2 Å². The zero-order valence-electron chi connectivity index (χ0n) is 13.9. The fourth-order valence-electron chi connectivity index (χ4n) is 2.51. The molecule has 5 nitrogen and oxygen atoms in total. The van der Waals surface area contributed by atoms with Gasteiger partial charge in [-0.3, -0.25) is 4.79 Å². The van der Waals surface area contributed by atoms with Crippen molar-refractivity contribution in [2.45, 2.75) is 26.7 Å². The number of carbonyl (C=O) groups is 1. The van der Waals surface area contributed by atoms with Crippen LogP contribution in [0.25, 0.3) is 11.4 Å². The summed E-state index contributed by atoms with van der Waals surface area (Å²) in [5.74, 6) is 0.448. The molecule has 2 N–H and O–H groups in total. The number of aromatic nitrogens is 3. The van der Waals surface area contributed by atoms with Crippen molar-refractivity contribution < 1.29 is 4.79 Å². The monoisotopic (exact) mass is 320 g/mol. The summed E-state index contributed by atoms with van der Waals surface area (Å²) >= 11 is 0. The maximum Gasteiger partial charge on any atom is 0.250 e. The van der Waals surface area contributed by atoms with Gasteiger partial charge in [-0.2, -0.15) is 9.67 Å². The van der Waals surface area contributed by atoms with Gasteiger partial charge in [0, 0.05) is 12.0 Å². The van der Waals surface area contributed by atoms with Gasteiger partial charge in [-0.25, -0.2) is 0 Å². The number of nitrogens with two attached hydrogens (primary N) is 1. The van der Waals surface area contributed by atoms with Crippen molar-refractivity contribution in [3.8, 4) is 11.4 Å². The SMILES string of the molecule is Cc1ccc(-c2nc(N)n(C(=O)CCc3ccccc3)n2)cc1C. The quantitative estimate of drug-likeness (QED) is 0.799. The minimum Gasteiger partial charge on any atom is -0.368 e. The standard InChI is InChI=1S/C19H20N4O/c1-13-8-10-16(12-14(13)2)18-21-19(20)23(22-18)17(24)11-9-15-6-4-3-5-7-15/h3-8,10,12H,9,11H2,1-2H3,(H2,20,21,22). The van der Waals surface area contributed by atoms with Gasteiger partial charge in [-0.05, 0) is 43.0 Å². The van der Waals surface area contributed by atoms with Crippen molar-refractivity contribution in [3.63, 3.8) is 0 Å². The maximum absolute atomic E-state index is 12.4. The van der Waals surface area contributed by atoms with E-state index in [1.807, 2.05) is 62.4 Å². The minimum absolute atomic E-state index is 0.126. The van der Waals surface area contributed by atoms with Gasteiger partial charge < -0.3 is 5.73 Å². The highest BCUT2D eigenvalue weighted by atomic mass is 16.2. The van der Waals surface area contributed by atoms with Crippen molar-refractivity contribution in [3.05, 3.63) is 65.2 Å². The molecule has 0 spiro atoms. The Labute approximate surface area is 141 Å². The van der Waals surface area contributed by atoms with E-state index in [4.69, 9.17) is 5.73 Å². The molecule has 0 fully saturated rings. The van der Waals surface area contributed by atoms with Crippen LogP contribution in [-0.2, 0) is 6.42 Å². The van der Waals surface area contributed by atoms with Crippen LogP contribution in [0.2, 0.25) is 0 Å². The molecule has 0 amide bonds. The Balaban J connectivity index is 1.78. The lowest BCUT2D eigenvalue weighted by Gasteiger charge is -2.02. The van der Waals surface area contributed by atoms with Crippen molar-refractivity contribution in [1.29, 1.82) is 0 Å². The van der Waals surface area contributed by atoms with Gasteiger partial charge in [-0.1, -0.05) is 42.5 Å². The molecule has 0 radical (unpaired) electrons. The van der Waals surface area contributed by atoms with Crippen LogP contribution in [0.5, 0.6) is 0 Å². The second-order valence-electron chi connectivity index (χ2n) is 5.88. The zero-order chi connectivity index (χ0) is 17.1. The van der Waals surface area contributed by atoms with Crippen molar-refractivity contribution in [2.24, 2.45) is 0 Å². The van der Waals surface area contributed by atoms with E-state index < -0.39 is 0 Å². The first-order valence-electron chi connectivity index (χ1n) is 7.92. The number of nitrogens with zero attached hydrogens (tertiary/aromatic N) is 3. The number of hydrogen-bond acceptors (Lipinski definition) is 4. The first kappa shape index (κ1) is 15.9. The van der Waals surface area contributed by atoms with Crippen LogP contribution in [0.15, 0.2) is 48.5 Å². The molecule has 122 valence electrons. The number of benzene rings is 2. The van der Waals surface area contributed by atoms with E-state index in [0.29, 0.717) is 18.7 Å². The van der Waals surface area contributed by atoms with E-state index >= 15 is 0 Å². The molecular weight excluding hydrogens is 300 g/mol. The fraction of sp³-hybridized carbons (Fsp3) is 0.211. The molecule has 0 unspecified atom stereocenters. The zero-order valence-corrected chi connectivity index (χ0v) is 13.9. The first-order valence-corrected chi connectivity index (χ1v) is 7.92. The summed E-state index contributed by atoms with van der Waals surface area (Å²) < 4.78 is 1.20. The number of rotatable bonds is 4. The predicted molar refractivity (Wildman–Crippen MR) is 94.7 cm³/mol. The molecule has 3 rings (SSSR count). The summed E-state index contributed by atoms with van der Waals surface area (Å²) in [6.45, 7) is 4.08. The number of aryl methyl sites for hydroxylation is 3. The normalized spacial score (nSPS) is 10.8. The molecule has 0 saturated carbocycles. The van der Waals surface area contributed by atoms with Gasteiger partial charge in [-0.15, -0.1) is 5.10 Å². The molecule has 0 aliphatic carbocycles. The molecule has 1 heterocycles. The van der Waals surface area contributed by atoms with Gasteiger partial charge in [0.1, 0.15) is 0 Å².